The summed E-state index contributed by atoms with van der Waals surface area (Å²) < 4.78 is 38.5. The molecule has 0 aromatic carbocycles. The van der Waals surface area contributed by atoms with Crippen molar-refractivity contribution in [1.29, 1.82) is 0 Å². The third-order valence-electron chi connectivity index (χ3n) is 2.03. The van der Waals surface area contributed by atoms with Gasteiger partial charge in [-0.3, -0.25) is 4.79 Å². The molecule has 0 spiro atoms. The number of carbonyl (C=O) groups is 1. The molecule has 0 aliphatic carbocycles. The first kappa shape index (κ1) is 15.7. The Morgan fingerprint density at radius 1 is 1.47 bits per heavy atom. The monoisotopic (exact) mass is 339 g/mol. The Labute approximate surface area is 116 Å². The lowest BCUT2D eigenvalue weighted by molar-refractivity contribution is -0.137. The van der Waals surface area contributed by atoms with E-state index in [-0.39, 0.29) is 22.9 Å². The molecule has 0 aliphatic heterocycles. The summed E-state index contributed by atoms with van der Waals surface area (Å²) in [7, 11) is 0. The van der Waals surface area contributed by atoms with Crippen molar-refractivity contribution in [2.45, 2.75) is 26.1 Å². The van der Waals surface area contributed by atoms with Crippen LogP contribution in [0.15, 0.2) is 16.7 Å². The number of nitrogens with zero attached hydrogens (tertiary/aromatic N) is 1. The van der Waals surface area contributed by atoms with E-state index < -0.39 is 17.6 Å². The Kier molecular flexibility index (Phi) is 5.16. The lowest BCUT2D eigenvalue weighted by Gasteiger charge is -2.14. The predicted octanol–water partition coefficient (Wildman–Crippen LogP) is 2.80. The number of aromatic nitrogens is 1. The van der Waals surface area contributed by atoms with Crippen LogP contribution < -0.4 is 10.6 Å². The minimum absolute atomic E-state index is 0.0748. The minimum Gasteiger partial charge on any atom is -0.361 e. The average Bonchev–Trinajstić information content (AvgIpc) is 2.25. The predicted molar refractivity (Wildman–Crippen MR) is 68.7 cm³/mol. The van der Waals surface area contributed by atoms with Crippen molar-refractivity contribution in [2.75, 3.05) is 11.9 Å². The van der Waals surface area contributed by atoms with Gasteiger partial charge in [0.15, 0.2) is 0 Å². The maximum absolute atomic E-state index is 12.8. The van der Waals surface area contributed by atoms with E-state index >= 15 is 0 Å². The molecule has 0 unspecified atom stereocenters. The highest BCUT2D eigenvalue weighted by molar-refractivity contribution is 9.10. The Morgan fingerprint density at radius 2 is 2.11 bits per heavy atom. The van der Waals surface area contributed by atoms with Crippen molar-refractivity contribution >= 4 is 27.7 Å². The van der Waals surface area contributed by atoms with Gasteiger partial charge in [-0.05, 0) is 35.8 Å². The molecule has 1 heterocycles. The Morgan fingerprint density at radius 3 is 2.63 bits per heavy atom. The Balaban J connectivity index is 2.81. The molecule has 8 heteroatoms. The van der Waals surface area contributed by atoms with Gasteiger partial charge >= 0.3 is 6.18 Å². The number of hydrogen-bond acceptors (Lipinski definition) is 3. The van der Waals surface area contributed by atoms with Crippen molar-refractivity contribution in [2.24, 2.45) is 0 Å². The maximum Gasteiger partial charge on any atom is 0.419 e. The molecule has 4 nitrogen and oxygen atoms in total. The zero-order valence-electron chi connectivity index (χ0n) is 10.3. The fraction of sp³-hybridized carbons (Fsp3) is 0.455. The summed E-state index contributed by atoms with van der Waals surface area (Å²) in [6.45, 7) is 3.25. The first-order valence-corrected chi connectivity index (χ1v) is 6.25. The molecule has 0 aliphatic rings. The van der Waals surface area contributed by atoms with Gasteiger partial charge in [-0.2, -0.15) is 13.2 Å². The topological polar surface area (TPSA) is 54.0 Å². The van der Waals surface area contributed by atoms with E-state index in [1.165, 1.54) is 6.20 Å². The van der Waals surface area contributed by atoms with Gasteiger partial charge in [0.05, 0.1) is 12.1 Å². The summed E-state index contributed by atoms with van der Waals surface area (Å²) in [6, 6.07) is 0.838. The summed E-state index contributed by atoms with van der Waals surface area (Å²) in [5.41, 5.74) is -0.917. The Bertz CT molecular complexity index is 463. The van der Waals surface area contributed by atoms with Crippen LogP contribution in [0.4, 0.5) is 19.0 Å². The lowest BCUT2D eigenvalue weighted by Crippen LogP contribution is -2.35. The van der Waals surface area contributed by atoms with Crippen LogP contribution in [-0.4, -0.2) is 23.5 Å². The van der Waals surface area contributed by atoms with Crippen molar-refractivity contribution in [1.82, 2.24) is 10.3 Å². The summed E-state index contributed by atoms with van der Waals surface area (Å²) in [5, 5.41) is 4.95. The highest BCUT2D eigenvalue weighted by Gasteiger charge is 2.34. The van der Waals surface area contributed by atoms with Crippen LogP contribution in [0.5, 0.6) is 0 Å². The number of alkyl halides is 3. The number of nitrogens with one attached hydrogen (secondary N) is 2. The first-order valence-electron chi connectivity index (χ1n) is 5.46. The molecule has 1 rings (SSSR count). The van der Waals surface area contributed by atoms with E-state index in [0.29, 0.717) is 0 Å². The van der Waals surface area contributed by atoms with E-state index in [2.05, 4.69) is 31.5 Å². The number of amides is 1. The number of hydrogen-bond donors (Lipinski definition) is 2. The normalized spacial score (nSPS) is 11.5. The van der Waals surface area contributed by atoms with Gasteiger partial charge in [0.1, 0.15) is 5.82 Å². The van der Waals surface area contributed by atoms with E-state index in [1.807, 2.05) is 0 Å². The fourth-order valence-electron chi connectivity index (χ4n) is 1.33. The standard InChI is InChI=1S/C11H13BrF3N3O/c1-6(2)18-9(19)5-17-10-8(11(13,14)15)3-7(12)4-16-10/h3-4,6H,5H2,1-2H3,(H,16,17)(H,18,19). The molecule has 19 heavy (non-hydrogen) atoms. The van der Waals surface area contributed by atoms with E-state index in [0.717, 1.165) is 6.07 Å². The molecule has 0 saturated heterocycles. The Hall–Kier alpha value is -1.31. The van der Waals surface area contributed by atoms with Gasteiger partial charge < -0.3 is 10.6 Å². The second-order valence-electron chi connectivity index (χ2n) is 4.12. The van der Waals surface area contributed by atoms with Crippen LogP contribution in [0.3, 0.4) is 0 Å². The molecular formula is C11H13BrF3N3O. The molecule has 1 amide bonds. The van der Waals surface area contributed by atoms with Crippen LogP contribution in [0.25, 0.3) is 0 Å². The van der Waals surface area contributed by atoms with Crippen LogP contribution in [0.1, 0.15) is 19.4 Å². The molecule has 106 valence electrons. The lowest BCUT2D eigenvalue weighted by atomic mass is 10.2. The highest BCUT2D eigenvalue weighted by Crippen LogP contribution is 2.35. The van der Waals surface area contributed by atoms with Crippen LogP contribution >= 0.6 is 15.9 Å². The molecule has 1 aromatic rings. The largest absolute Gasteiger partial charge is 0.419 e. The van der Waals surface area contributed by atoms with E-state index in [1.54, 1.807) is 13.8 Å². The van der Waals surface area contributed by atoms with E-state index in [4.69, 9.17) is 0 Å². The van der Waals surface area contributed by atoms with Gasteiger partial charge in [-0.15, -0.1) is 0 Å². The molecule has 0 atom stereocenters. The number of halogens is 4. The van der Waals surface area contributed by atoms with E-state index in [9.17, 15) is 18.0 Å². The third kappa shape index (κ3) is 5.06. The summed E-state index contributed by atoms with van der Waals surface area (Å²) >= 11 is 2.93. The fourth-order valence-corrected chi connectivity index (χ4v) is 1.66. The molecule has 1 aromatic heterocycles. The number of anilines is 1. The van der Waals surface area contributed by atoms with Crippen LogP contribution in [0.2, 0.25) is 0 Å². The second-order valence-corrected chi connectivity index (χ2v) is 5.04. The second kappa shape index (κ2) is 6.23. The van der Waals surface area contributed by atoms with Crippen LogP contribution in [-0.2, 0) is 11.0 Å². The van der Waals surface area contributed by atoms with Gasteiger partial charge in [0.2, 0.25) is 5.91 Å². The zero-order chi connectivity index (χ0) is 14.6. The minimum atomic E-state index is -4.53. The van der Waals surface area contributed by atoms with Gasteiger partial charge in [0, 0.05) is 16.7 Å². The van der Waals surface area contributed by atoms with Crippen LogP contribution in [0, 0.1) is 0 Å². The SMILES string of the molecule is CC(C)NC(=O)CNc1ncc(Br)cc1C(F)(F)F. The van der Waals surface area contributed by atoms with Gasteiger partial charge in [-0.1, -0.05) is 0 Å². The van der Waals surface area contributed by atoms with Crippen molar-refractivity contribution < 1.29 is 18.0 Å². The first-order chi connectivity index (χ1) is 8.70. The summed E-state index contributed by atoms with van der Waals surface area (Å²) in [5.74, 6) is -0.762. The number of rotatable bonds is 4. The van der Waals surface area contributed by atoms with Crippen molar-refractivity contribution in [3.63, 3.8) is 0 Å². The summed E-state index contributed by atoms with van der Waals surface area (Å²) in [4.78, 5) is 15.0. The van der Waals surface area contributed by atoms with Crippen molar-refractivity contribution in [3.05, 3.63) is 22.3 Å². The number of carbonyl (C=O) groups excluding carboxylic acids is 1. The molecule has 0 bridgehead atoms. The maximum atomic E-state index is 12.8. The van der Waals surface area contributed by atoms with Gasteiger partial charge in [-0.25, -0.2) is 4.98 Å². The summed E-state index contributed by atoms with van der Waals surface area (Å²) in [6.07, 6.45) is -3.30. The molecule has 0 saturated carbocycles. The average molecular weight is 340 g/mol. The molecule has 2 N–H and O–H groups in total. The third-order valence-corrected chi connectivity index (χ3v) is 2.46. The molecular weight excluding hydrogens is 327 g/mol. The van der Waals surface area contributed by atoms with Crippen molar-refractivity contribution in [3.8, 4) is 0 Å². The number of pyridine rings is 1. The zero-order valence-corrected chi connectivity index (χ0v) is 11.9. The van der Waals surface area contributed by atoms with Gasteiger partial charge in [0.25, 0.3) is 0 Å². The highest BCUT2D eigenvalue weighted by atomic mass is 79.9. The smallest absolute Gasteiger partial charge is 0.361 e. The quantitative estimate of drug-likeness (QED) is 0.886. The molecule has 0 radical (unpaired) electrons. The molecule has 0 fully saturated rings.